The van der Waals surface area contributed by atoms with E-state index >= 15 is 0 Å². The van der Waals surface area contributed by atoms with Gasteiger partial charge in [-0.3, -0.25) is 4.79 Å². The number of thiazole rings is 1. The van der Waals surface area contributed by atoms with Gasteiger partial charge in [0.15, 0.2) is 0 Å². The van der Waals surface area contributed by atoms with Gasteiger partial charge in [-0.1, -0.05) is 0 Å². The first-order valence-corrected chi connectivity index (χ1v) is 9.66. The van der Waals surface area contributed by atoms with E-state index in [4.69, 9.17) is 0 Å². The monoisotopic (exact) mass is 345 g/mol. The quantitative estimate of drug-likeness (QED) is 0.918. The van der Waals surface area contributed by atoms with Crippen molar-refractivity contribution in [2.75, 3.05) is 19.6 Å². The van der Waals surface area contributed by atoms with E-state index in [2.05, 4.69) is 25.2 Å². The van der Waals surface area contributed by atoms with Gasteiger partial charge >= 0.3 is 0 Å². The fourth-order valence-corrected chi connectivity index (χ4v) is 4.33. The van der Waals surface area contributed by atoms with Gasteiger partial charge in [0, 0.05) is 36.8 Å². The Morgan fingerprint density at radius 3 is 2.88 bits per heavy atom. The summed E-state index contributed by atoms with van der Waals surface area (Å²) in [5, 5.41) is 5.40. The second-order valence-electron chi connectivity index (χ2n) is 6.64. The van der Waals surface area contributed by atoms with Crippen molar-refractivity contribution < 1.29 is 4.79 Å². The number of carbonyl (C=O) groups excluding carboxylic acids is 1. The van der Waals surface area contributed by atoms with E-state index in [0.29, 0.717) is 5.92 Å². The third kappa shape index (κ3) is 3.23. The Balaban J connectivity index is 1.37. The Kier molecular flexibility index (Phi) is 4.62. The molecule has 2 aliphatic rings. The number of amides is 1. The molecule has 1 atom stereocenters. The molecule has 0 saturated carbocycles. The number of likely N-dealkylation sites (tertiary alicyclic amines) is 1. The second-order valence-corrected chi connectivity index (χ2v) is 7.36. The molecule has 4 heterocycles. The minimum absolute atomic E-state index is 0.0493. The molecule has 2 fully saturated rings. The van der Waals surface area contributed by atoms with Crippen LogP contribution >= 0.6 is 11.3 Å². The fraction of sp³-hybridized carbons (Fsp3) is 0.588. The number of nitrogens with zero attached hydrogens (tertiary/aromatic N) is 4. The van der Waals surface area contributed by atoms with Crippen LogP contribution in [0.15, 0.2) is 23.3 Å². The lowest BCUT2D eigenvalue weighted by Crippen LogP contribution is -2.46. The first-order chi connectivity index (χ1) is 11.8. The van der Waals surface area contributed by atoms with E-state index in [-0.39, 0.29) is 11.9 Å². The van der Waals surface area contributed by atoms with Crippen LogP contribution in [0.1, 0.15) is 43.1 Å². The van der Waals surface area contributed by atoms with Crippen molar-refractivity contribution in [2.45, 2.75) is 44.2 Å². The molecule has 2 aromatic heterocycles. The van der Waals surface area contributed by atoms with Crippen LogP contribution in [0, 0.1) is 0 Å². The van der Waals surface area contributed by atoms with Crippen LogP contribution in [0.3, 0.4) is 0 Å². The Morgan fingerprint density at radius 2 is 2.17 bits per heavy atom. The summed E-state index contributed by atoms with van der Waals surface area (Å²) in [4.78, 5) is 23.5. The smallest absolute Gasteiger partial charge is 0.239 e. The maximum Gasteiger partial charge on any atom is 0.239 e. The summed E-state index contributed by atoms with van der Waals surface area (Å²) in [6.07, 6.45) is 7.99. The Morgan fingerprint density at radius 1 is 1.29 bits per heavy atom. The molecule has 0 unspecified atom stereocenters. The number of carbonyl (C=O) groups is 1. The molecule has 2 aromatic rings. The highest BCUT2D eigenvalue weighted by molar-refractivity contribution is 7.07. The molecule has 0 aliphatic carbocycles. The van der Waals surface area contributed by atoms with Crippen LogP contribution in [0.5, 0.6) is 0 Å². The highest BCUT2D eigenvalue weighted by Gasteiger charge is 2.31. The van der Waals surface area contributed by atoms with Crippen molar-refractivity contribution in [3.05, 3.63) is 34.8 Å². The molecule has 24 heavy (non-hydrogen) atoms. The molecule has 4 rings (SSSR count). The molecule has 0 radical (unpaired) electrons. The van der Waals surface area contributed by atoms with Gasteiger partial charge in [-0.05, 0) is 32.2 Å². The van der Waals surface area contributed by atoms with Gasteiger partial charge in [0.25, 0.3) is 0 Å². The van der Waals surface area contributed by atoms with Gasteiger partial charge in [0.05, 0.1) is 23.8 Å². The first kappa shape index (κ1) is 15.8. The fourth-order valence-electron chi connectivity index (χ4n) is 3.78. The maximum atomic E-state index is 12.5. The normalized spacial score (nSPS) is 22.2. The number of hydrogen-bond acceptors (Lipinski definition) is 5. The number of hydrogen-bond donors (Lipinski definition) is 1. The summed E-state index contributed by atoms with van der Waals surface area (Å²) in [5.41, 5.74) is 2.95. The summed E-state index contributed by atoms with van der Waals surface area (Å²) in [6.45, 7) is 3.43. The molecule has 1 N–H and O–H groups in total. The SMILES string of the molecule is O=C([C@H]1CCCN1)N1CCC(c2nccn2Cc2cscn2)CC1. The predicted octanol–water partition coefficient (Wildman–Crippen LogP) is 1.85. The standard InChI is InChI=1S/C17H23N5OS/c23-17(15-2-1-5-18-15)21-7-3-13(4-8-21)16-19-6-9-22(16)10-14-11-24-12-20-14/h6,9,11-13,15,18H,1-5,7-8,10H2/t15-/m1/s1. The number of aromatic nitrogens is 3. The number of imidazole rings is 1. The first-order valence-electron chi connectivity index (χ1n) is 8.71. The second kappa shape index (κ2) is 7.03. The summed E-state index contributed by atoms with van der Waals surface area (Å²) in [5.74, 6) is 1.85. The van der Waals surface area contributed by atoms with Crippen molar-refractivity contribution >= 4 is 17.2 Å². The van der Waals surface area contributed by atoms with E-state index in [0.717, 1.165) is 63.4 Å². The predicted molar refractivity (Wildman–Crippen MR) is 93.0 cm³/mol. The third-order valence-electron chi connectivity index (χ3n) is 5.09. The average Bonchev–Trinajstić information content (AvgIpc) is 3.37. The van der Waals surface area contributed by atoms with E-state index in [1.807, 2.05) is 22.8 Å². The van der Waals surface area contributed by atoms with Gasteiger partial charge in [-0.2, -0.15) is 0 Å². The zero-order chi connectivity index (χ0) is 16.4. The minimum atomic E-state index is 0.0493. The maximum absolute atomic E-state index is 12.5. The minimum Gasteiger partial charge on any atom is -0.341 e. The summed E-state index contributed by atoms with van der Waals surface area (Å²) >= 11 is 1.62. The zero-order valence-electron chi connectivity index (χ0n) is 13.7. The Hall–Kier alpha value is -1.73. The molecular formula is C17H23N5OS. The molecule has 0 bridgehead atoms. The molecular weight excluding hydrogens is 322 g/mol. The molecule has 128 valence electrons. The van der Waals surface area contributed by atoms with Crippen molar-refractivity contribution in [3.63, 3.8) is 0 Å². The molecule has 7 heteroatoms. The van der Waals surface area contributed by atoms with Crippen LogP contribution < -0.4 is 5.32 Å². The summed E-state index contributed by atoms with van der Waals surface area (Å²) in [7, 11) is 0. The summed E-state index contributed by atoms with van der Waals surface area (Å²) < 4.78 is 2.20. The number of rotatable bonds is 4. The lowest BCUT2D eigenvalue weighted by molar-refractivity contribution is -0.134. The molecule has 2 saturated heterocycles. The Bertz CT molecular complexity index is 669. The van der Waals surface area contributed by atoms with Crippen molar-refractivity contribution in [2.24, 2.45) is 0 Å². The molecule has 6 nitrogen and oxygen atoms in total. The highest BCUT2D eigenvalue weighted by atomic mass is 32.1. The van der Waals surface area contributed by atoms with E-state index in [9.17, 15) is 4.79 Å². The number of nitrogens with one attached hydrogen (secondary N) is 1. The van der Waals surface area contributed by atoms with Gasteiger partial charge in [-0.25, -0.2) is 9.97 Å². The third-order valence-corrected chi connectivity index (χ3v) is 5.73. The van der Waals surface area contributed by atoms with E-state index < -0.39 is 0 Å². The van der Waals surface area contributed by atoms with Crippen LogP contribution in [0.2, 0.25) is 0 Å². The molecule has 0 aromatic carbocycles. The van der Waals surface area contributed by atoms with Gasteiger partial charge in [-0.15, -0.1) is 11.3 Å². The highest BCUT2D eigenvalue weighted by Crippen LogP contribution is 2.28. The largest absolute Gasteiger partial charge is 0.341 e. The van der Waals surface area contributed by atoms with Crippen molar-refractivity contribution in [1.82, 2.24) is 24.8 Å². The van der Waals surface area contributed by atoms with Gasteiger partial charge in [0.1, 0.15) is 5.82 Å². The lowest BCUT2D eigenvalue weighted by Gasteiger charge is -2.33. The van der Waals surface area contributed by atoms with Crippen molar-refractivity contribution in [1.29, 1.82) is 0 Å². The molecule has 0 spiro atoms. The van der Waals surface area contributed by atoms with Crippen LogP contribution in [0.4, 0.5) is 0 Å². The van der Waals surface area contributed by atoms with E-state index in [1.165, 1.54) is 0 Å². The Labute approximate surface area is 145 Å². The average molecular weight is 345 g/mol. The zero-order valence-corrected chi connectivity index (χ0v) is 14.5. The molecule has 1 amide bonds. The van der Waals surface area contributed by atoms with Crippen LogP contribution in [-0.4, -0.2) is 51.0 Å². The summed E-state index contributed by atoms with van der Waals surface area (Å²) in [6, 6.07) is 0.0493. The van der Waals surface area contributed by atoms with Crippen molar-refractivity contribution in [3.8, 4) is 0 Å². The topological polar surface area (TPSA) is 63.1 Å². The lowest BCUT2D eigenvalue weighted by atomic mass is 9.95. The number of piperidine rings is 1. The van der Waals surface area contributed by atoms with Crippen LogP contribution in [0.25, 0.3) is 0 Å². The molecule has 2 aliphatic heterocycles. The van der Waals surface area contributed by atoms with Gasteiger partial charge < -0.3 is 14.8 Å². The van der Waals surface area contributed by atoms with Gasteiger partial charge in [0.2, 0.25) is 5.91 Å². The van der Waals surface area contributed by atoms with E-state index in [1.54, 1.807) is 11.3 Å². The van der Waals surface area contributed by atoms with Crippen LogP contribution in [-0.2, 0) is 11.3 Å².